The number of rotatable bonds is 4. The lowest BCUT2D eigenvalue weighted by Gasteiger charge is -2.12. The van der Waals surface area contributed by atoms with E-state index in [0.29, 0.717) is 16.2 Å². The minimum absolute atomic E-state index is 0.239. The molecule has 3 rings (SSSR count). The van der Waals surface area contributed by atoms with Crippen LogP contribution in [0.5, 0.6) is 0 Å². The van der Waals surface area contributed by atoms with Crippen LogP contribution in [-0.2, 0) is 9.53 Å². The van der Waals surface area contributed by atoms with E-state index in [1.165, 1.54) is 24.7 Å². The molecule has 0 saturated heterocycles. The van der Waals surface area contributed by atoms with Crippen molar-refractivity contribution < 1.29 is 18.7 Å². The zero-order valence-electron chi connectivity index (χ0n) is 12.3. The average Bonchev–Trinajstić information content (AvgIpc) is 3.15. The van der Waals surface area contributed by atoms with Crippen molar-refractivity contribution in [3.05, 3.63) is 35.2 Å². The minimum Gasteiger partial charge on any atom is -0.449 e. The van der Waals surface area contributed by atoms with Gasteiger partial charge in [-0.15, -0.1) is 10.2 Å². The Kier molecular flexibility index (Phi) is 4.02. The molecule has 0 saturated carbocycles. The van der Waals surface area contributed by atoms with Gasteiger partial charge in [-0.2, -0.15) is 0 Å². The smallest absolute Gasteiger partial charge is 0.341 e. The first-order valence-electron chi connectivity index (χ1n) is 6.69. The van der Waals surface area contributed by atoms with Crippen LogP contribution in [0.1, 0.15) is 22.3 Å². The summed E-state index contributed by atoms with van der Waals surface area (Å²) in [5, 5.41) is 11.2. The largest absolute Gasteiger partial charge is 0.449 e. The maximum atomic E-state index is 12.2. The first kappa shape index (κ1) is 15.1. The van der Waals surface area contributed by atoms with Crippen molar-refractivity contribution in [1.82, 2.24) is 15.2 Å². The molecule has 2 aromatic heterocycles. The van der Waals surface area contributed by atoms with Crippen LogP contribution in [-0.4, -0.2) is 33.2 Å². The number of anilines is 1. The fraction of sp³-hybridized carbons (Fsp3) is 0.214. The lowest BCUT2D eigenvalue weighted by Crippen LogP contribution is -2.30. The summed E-state index contributed by atoms with van der Waals surface area (Å²) in [4.78, 5) is 28.2. The third-order valence-electron chi connectivity index (χ3n) is 2.99. The van der Waals surface area contributed by atoms with Crippen LogP contribution in [0.3, 0.4) is 0 Å². The molecule has 0 aliphatic rings. The van der Waals surface area contributed by atoms with E-state index in [-0.39, 0.29) is 5.56 Å². The Morgan fingerprint density at radius 1 is 1.35 bits per heavy atom. The van der Waals surface area contributed by atoms with E-state index in [4.69, 9.17) is 9.15 Å². The normalized spacial score (nSPS) is 12.1. The minimum atomic E-state index is -0.992. The number of esters is 1. The van der Waals surface area contributed by atoms with Gasteiger partial charge in [-0.1, -0.05) is 17.4 Å². The number of oxazole rings is 1. The third kappa shape index (κ3) is 3.19. The number of ether oxygens (including phenoxy) is 1. The van der Waals surface area contributed by atoms with Crippen LogP contribution >= 0.6 is 11.3 Å². The number of carbonyl (C=O) groups is 2. The van der Waals surface area contributed by atoms with Crippen molar-refractivity contribution in [2.75, 3.05) is 5.32 Å². The lowest BCUT2D eigenvalue weighted by atomic mass is 10.2. The summed E-state index contributed by atoms with van der Waals surface area (Å²) in [5.41, 5.74) is 1.11. The topological polar surface area (TPSA) is 107 Å². The Hall–Kier alpha value is -2.81. The van der Waals surface area contributed by atoms with Crippen LogP contribution in [0.15, 0.2) is 29.0 Å². The van der Waals surface area contributed by atoms with E-state index in [9.17, 15) is 9.59 Å². The monoisotopic (exact) mass is 332 g/mol. The number of nitrogens with zero attached hydrogens (tertiary/aromatic N) is 3. The number of para-hydroxylation sites is 1. The number of fused-ring (bicyclic) bond motifs is 1. The van der Waals surface area contributed by atoms with Gasteiger partial charge in [0.2, 0.25) is 5.13 Å². The summed E-state index contributed by atoms with van der Waals surface area (Å²) in [5.74, 6) is -1.14. The Labute approximate surface area is 134 Å². The quantitative estimate of drug-likeness (QED) is 0.729. The maximum absolute atomic E-state index is 12.2. The lowest BCUT2D eigenvalue weighted by molar-refractivity contribution is -0.123. The second-order valence-electron chi connectivity index (χ2n) is 4.67. The van der Waals surface area contributed by atoms with Gasteiger partial charge in [0.15, 0.2) is 18.1 Å². The van der Waals surface area contributed by atoms with Crippen molar-refractivity contribution in [3.8, 4) is 0 Å². The molecule has 0 fully saturated rings. The summed E-state index contributed by atoms with van der Waals surface area (Å²) in [6.07, 6.45) is 0.254. The van der Waals surface area contributed by atoms with Gasteiger partial charge in [0.1, 0.15) is 10.5 Å². The summed E-state index contributed by atoms with van der Waals surface area (Å²) in [7, 11) is 0. The molecule has 0 aliphatic carbocycles. The van der Waals surface area contributed by atoms with Gasteiger partial charge in [-0.25, -0.2) is 9.78 Å². The molecule has 1 N–H and O–H groups in total. The molecule has 118 valence electrons. The molecule has 3 aromatic rings. The van der Waals surface area contributed by atoms with Gasteiger partial charge in [0, 0.05) is 0 Å². The molecule has 2 heterocycles. The van der Waals surface area contributed by atoms with Crippen molar-refractivity contribution in [1.29, 1.82) is 0 Å². The van der Waals surface area contributed by atoms with Crippen LogP contribution in [0.2, 0.25) is 0 Å². The molecule has 1 atom stereocenters. The number of carbonyl (C=O) groups excluding carboxylic acids is 2. The number of hydrogen-bond acceptors (Lipinski definition) is 8. The summed E-state index contributed by atoms with van der Waals surface area (Å²) < 4.78 is 10.3. The van der Waals surface area contributed by atoms with Crippen LogP contribution in [0.25, 0.3) is 11.1 Å². The molecule has 9 heteroatoms. The number of aromatic nitrogens is 3. The second kappa shape index (κ2) is 6.13. The zero-order chi connectivity index (χ0) is 16.4. The van der Waals surface area contributed by atoms with E-state index in [1.54, 1.807) is 25.1 Å². The molecule has 1 unspecified atom stereocenters. The van der Waals surface area contributed by atoms with E-state index < -0.39 is 18.0 Å². The number of hydrogen-bond donors (Lipinski definition) is 1. The fourth-order valence-corrected chi connectivity index (χ4v) is 2.48. The number of nitrogens with one attached hydrogen (secondary N) is 1. The Balaban J connectivity index is 1.69. The molecular formula is C14H12N4O4S. The zero-order valence-corrected chi connectivity index (χ0v) is 13.1. The van der Waals surface area contributed by atoms with Gasteiger partial charge < -0.3 is 9.15 Å². The number of aryl methyl sites for hydroxylation is 1. The summed E-state index contributed by atoms with van der Waals surface area (Å²) in [6, 6.07) is 4.90. The van der Waals surface area contributed by atoms with E-state index in [1.807, 2.05) is 0 Å². The standard InChI is InChI=1S/C14H12N4O4S/c1-7(12(19)16-14-18-17-8(2)23-14)22-13(20)9-4-3-5-10-11(9)15-6-21-10/h3-7H,1-2H3,(H,16,18,19). The predicted octanol–water partition coefficient (Wildman–Crippen LogP) is 2.17. The molecule has 0 radical (unpaired) electrons. The van der Waals surface area contributed by atoms with E-state index >= 15 is 0 Å². The van der Waals surface area contributed by atoms with Crippen molar-refractivity contribution in [2.24, 2.45) is 0 Å². The first-order valence-corrected chi connectivity index (χ1v) is 7.50. The Morgan fingerprint density at radius 2 is 2.17 bits per heavy atom. The maximum Gasteiger partial charge on any atom is 0.341 e. The Bertz CT molecular complexity index is 872. The summed E-state index contributed by atoms with van der Waals surface area (Å²) in [6.45, 7) is 3.25. The van der Waals surface area contributed by atoms with Crippen LogP contribution in [0.4, 0.5) is 5.13 Å². The van der Waals surface area contributed by atoms with Gasteiger partial charge in [0.05, 0.1) is 5.56 Å². The number of amides is 1. The van der Waals surface area contributed by atoms with Crippen LogP contribution < -0.4 is 5.32 Å². The summed E-state index contributed by atoms with van der Waals surface area (Å²) >= 11 is 1.23. The number of benzene rings is 1. The molecule has 23 heavy (non-hydrogen) atoms. The highest BCUT2D eigenvalue weighted by Crippen LogP contribution is 2.19. The van der Waals surface area contributed by atoms with Crippen molar-refractivity contribution in [3.63, 3.8) is 0 Å². The van der Waals surface area contributed by atoms with Gasteiger partial charge in [-0.05, 0) is 26.0 Å². The van der Waals surface area contributed by atoms with E-state index in [0.717, 1.165) is 5.01 Å². The second-order valence-corrected chi connectivity index (χ2v) is 5.85. The average molecular weight is 332 g/mol. The molecule has 1 amide bonds. The molecule has 0 spiro atoms. The molecule has 1 aromatic carbocycles. The van der Waals surface area contributed by atoms with Crippen LogP contribution in [0, 0.1) is 6.92 Å². The highest BCUT2D eigenvalue weighted by Gasteiger charge is 2.22. The first-order chi connectivity index (χ1) is 11.0. The molecular weight excluding hydrogens is 320 g/mol. The molecule has 0 bridgehead atoms. The van der Waals surface area contributed by atoms with E-state index in [2.05, 4.69) is 20.5 Å². The Morgan fingerprint density at radius 3 is 2.91 bits per heavy atom. The highest BCUT2D eigenvalue weighted by molar-refractivity contribution is 7.15. The van der Waals surface area contributed by atoms with Crippen molar-refractivity contribution in [2.45, 2.75) is 20.0 Å². The molecule has 8 nitrogen and oxygen atoms in total. The van der Waals surface area contributed by atoms with Gasteiger partial charge in [-0.3, -0.25) is 10.1 Å². The third-order valence-corrected chi connectivity index (χ3v) is 3.74. The van der Waals surface area contributed by atoms with Crippen molar-refractivity contribution >= 4 is 39.4 Å². The van der Waals surface area contributed by atoms with Gasteiger partial charge >= 0.3 is 5.97 Å². The highest BCUT2D eigenvalue weighted by atomic mass is 32.1. The fourth-order valence-electron chi connectivity index (χ4n) is 1.88. The van der Waals surface area contributed by atoms with Gasteiger partial charge in [0.25, 0.3) is 5.91 Å². The molecule has 0 aliphatic heterocycles. The SMILES string of the molecule is Cc1nnc(NC(=O)C(C)OC(=O)c2cccc3ocnc23)s1. The predicted molar refractivity (Wildman–Crippen MR) is 82.2 cm³/mol.